The molecule has 0 unspecified atom stereocenters. The molecule has 0 aliphatic rings. The lowest BCUT2D eigenvalue weighted by atomic mass is 9.83. The zero-order valence-electron chi connectivity index (χ0n) is 17.0. The molecule has 2 aromatic rings. The molecule has 0 spiro atoms. The maximum Gasteiger partial charge on any atom is 0.337 e. The SMILES string of the molecule is COC(=O)c1cc(-c2ccc(C)cc2)c(OCC(C)C)c(C(C)(C)C)c1. The zero-order valence-corrected chi connectivity index (χ0v) is 17.0. The van der Waals surface area contributed by atoms with Gasteiger partial charge in [-0.2, -0.15) is 0 Å². The summed E-state index contributed by atoms with van der Waals surface area (Å²) in [6.45, 7) is 13.3. The van der Waals surface area contributed by atoms with Crippen LogP contribution in [-0.2, 0) is 10.2 Å². The number of carbonyl (C=O) groups is 1. The summed E-state index contributed by atoms with van der Waals surface area (Å²) in [6, 6.07) is 12.1. The number of aryl methyl sites for hydroxylation is 1. The van der Waals surface area contributed by atoms with E-state index in [0.29, 0.717) is 18.1 Å². The van der Waals surface area contributed by atoms with Crippen LogP contribution in [-0.4, -0.2) is 19.7 Å². The van der Waals surface area contributed by atoms with E-state index in [1.807, 2.05) is 12.1 Å². The van der Waals surface area contributed by atoms with E-state index in [0.717, 1.165) is 22.4 Å². The predicted molar refractivity (Wildman–Crippen MR) is 107 cm³/mol. The number of methoxy groups -OCH3 is 1. The molecule has 0 aromatic heterocycles. The Morgan fingerprint density at radius 2 is 1.69 bits per heavy atom. The minimum absolute atomic E-state index is 0.171. The highest BCUT2D eigenvalue weighted by atomic mass is 16.5. The summed E-state index contributed by atoms with van der Waals surface area (Å²) in [5.41, 5.74) is 4.54. The van der Waals surface area contributed by atoms with Gasteiger partial charge >= 0.3 is 5.97 Å². The molecule has 0 radical (unpaired) electrons. The fourth-order valence-corrected chi connectivity index (χ4v) is 2.77. The summed E-state index contributed by atoms with van der Waals surface area (Å²) < 4.78 is 11.2. The average Bonchev–Trinajstić information content (AvgIpc) is 2.58. The van der Waals surface area contributed by atoms with Crippen LogP contribution in [0.4, 0.5) is 0 Å². The van der Waals surface area contributed by atoms with E-state index in [1.54, 1.807) is 0 Å². The Kier molecular flexibility index (Phi) is 6.12. The molecule has 0 amide bonds. The second-order valence-electron chi connectivity index (χ2n) is 8.21. The van der Waals surface area contributed by atoms with E-state index in [-0.39, 0.29) is 11.4 Å². The fraction of sp³-hybridized carbons (Fsp3) is 0.435. The molecule has 0 aliphatic carbocycles. The highest BCUT2D eigenvalue weighted by molar-refractivity contribution is 5.92. The Hall–Kier alpha value is -2.29. The van der Waals surface area contributed by atoms with Crippen molar-refractivity contribution in [1.82, 2.24) is 0 Å². The van der Waals surface area contributed by atoms with Crippen molar-refractivity contribution in [3.05, 3.63) is 53.1 Å². The first-order chi connectivity index (χ1) is 12.1. The molecular weight excluding hydrogens is 324 g/mol. The number of esters is 1. The summed E-state index contributed by atoms with van der Waals surface area (Å²) in [4.78, 5) is 12.2. The van der Waals surface area contributed by atoms with Crippen LogP contribution in [0.15, 0.2) is 36.4 Å². The molecule has 0 heterocycles. The van der Waals surface area contributed by atoms with Gasteiger partial charge in [0.25, 0.3) is 0 Å². The molecular formula is C23H30O3. The smallest absolute Gasteiger partial charge is 0.337 e. The van der Waals surface area contributed by atoms with Crippen LogP contribution in [0.1, 0.15) is 56.1 Å². The third-order valence-electron chi connectivity index (χ3n) is 4.24. The lowest BCUT2D eigenvalue weighted by molar-refractivity contribution is 0.0600. The Balaban J connectivity index is 2.74. The van der Waals surface area contributed by atoms with E-state index in [1.165, 1.54) is 12.7 Å². The second-order valence-corrected chi connectivity index (χ2v) is 8.21. The van der Waals surface area contributed by atoms with Gasteiger partial charge in [0.1, 0.15) is 5.75 Å². The van der Waals surface area contributed by atoms with Crippen molar-refractivity contribution in [3.63, 3.8) is 0 Å². The van der Waals surface area contributed by atoms with Gasteiger partial charge in [-0.25, -0.2) is 4.79 Å². The molecule has 26 heavy (non-hydrogen) atoms. The summed E-state index contributed by atoms with van der Waals surface area (Å²) in [5, 5.41) is 0. The van der Waals surface area contributed by atoms with Gasteiger partial charge in [0.15, 0.2) is 0 Å². The number of hydrogen-bond acceptors (Lipinski definition) is 3. The van der Waals surface area contributed by atoms with Crippen molar-refractivity contribution in [2.45, 2.75) is 47.0 Å². The van der Waals surface area contributed by atoms with Crippen molar-refractivity contribution < 1.29 is 14.3 Å². The van der Waals surface area contributed by atoms with Gasteiger partial charge in [-0.05, 0) is 36.0 Å². The van der Waals surface area contributed by atoms with Gasteiger partial charge in [0, 0.05) is 11.1 Å². The van der Waals surface area contributed by atoms with Gasteiger partial charge in [-0.3, -0.25) is 0 Å². The highest BCUT2D eigenvalue weighted by Gasteiger charge is 2.25. The topological polar surface area (TPSA) is 35.5 Å². The quantitative estimate of drug-likeness (QED) is 0.638. The number of hydrogen-bond donors (Lipinski definition) is 0. The van der Waals surface area contributed by atoms with Crippen molar-refractivity contribution in [1.29, 1.82) is 0 Å². The second kappa shape index (κ2) is 7.94. The molecule has 0 N–H and O–H groups in total. The van der Waals surface area contributed by atoms with Crippen molar-refractivity contribution in [2.24, 2.45) is 5.92 Å². The summed E-state index contributed by atoms with van der Waals surface area (Å²) in [7, 11) is 1.41. The molecule has 0 bridgehead atoms. The maximum absolute atomic E-state index is 12.2. The minimum atomic E-state index is -0.334. The summed E-state index contributed by atoms with van der Waals surface area (Å²) in [6.07, 6.45) is 0. The fourth-order valence-electron chi connectivity index (χ4n) is 2.77. The van der Waals surface area contributed by atoms with E-state index in [4.69, 9.17) is 9.47 Å². The molecule has 2 aromatic carbocycles. The predicted octanol–water partition coefficient (Wildman–Crippen LogP) is 5.78. The standard InChI is InChI=1S/C23H30O3/c1-15(2)14-26-21-19(17-10-8-16(3)9-11-17)12-18(22(24)25-7)13-20(21)23(4,5)6/h8-13,15H,14H2,1-7H3. The monoisotopic (exact) mass is 354 g/mol. The van der Waals surface area contributed by atoms with E-state index in [2.05, 4.69) is 65.8 Å². The number of rotatable bonds is 5. The number of ether oxygens (including phenoxy) is 2. The lowest BCUT2D eigenvalue weighted by Crippen LogP contribution is -2.17. The molecule has 3 heteroatoms. The van der Waals surface area contributed by atoms with Crippen LogP contribution < -0.4 is 4.74 Å². The molecule has 0 saturated carbocycles. The molecule has 0 atom stereocenters. The van der Waals surface area contributed by atoms with Gasteiger partial charge in [0.2, 0.25) is 0 Å². The van der Waals surface area contributed by atoms with Crippen LogP contribution >= 0.6 is 0 Å². The Bertz CT molecular complexity index is 765. The molecule has 140 valence electrons. The first kappa shape index (κ1) is 20.0. The Morgan fingerprint density at radius 3 is 2.19 bits per heavy atom. The number of benzene rings is 2. The van der Waals surface area contributed by atoms with Crippen LogP contribution in [0, 0.1) is 12.8 Å². The molecule has 2 rings (SSSR count). The van der Waals surface area contributed by atoms with Crippen molar-refractivity contribution >= 4 is 5.97 Å². The molecule has 0 saturated heterocycles. The van der Waals surface area contributed by atoms with Crippen molar-refractivity contribution in [2.75, 3.05) is 13.7 Å². The first-order valence-electron chi connectivity index (χ1n) is 9.10. The van der Waals surface area contributed by atoms with Crippen LogP contribution in [0.3, 0.4) is 0 Å². The largest absolute Gasteiger partial charge is 0.492 e. The molecule has 3 nitrogen and oxygen atoms in total. The third-order valence-corrected chi connectivity index (χ3v) is 4.24. The zero-order chi connectivity index (χ0) is 19.5. The lowest BCUT2D eigenvalue weighted by Gasteiger charge is -2.26. The van der Waals surface area contributed by atoms with Gasteiger partial charge in [0.05, 0.1) is 19.3 Å². The average molecular weight is 354 g/mol. The van der Waals surface area contributed by atoms with Gasteiger partial charge in [-0.1, -0.05) is 64.4 Å². The van der Waals surface area contributed by atoms with Gasteiger partial charge in [-0.15, -0.1) is 0 Å². The third kappa shape index (κ3) is 4.66. The van der Waals surface area contributed by atoms with E-state index < -0.39 is 0 Å². The van der Waals surface area contributed by atoms with Crippen LogP contribution in [0.5, 0.6) is 5.75 Å². The van der Waals surface area contributed by atoms with Crippen molar-refractivity contribution in [3.8, 4) is 16.9 Å². The summed E-state index contributed by atoms with van der Waals surface area (Å²) in [5.74, 6) is 0.927. The molecule has 0 aliphatic heterocycles. The van der Waals surface area contributed by atoms with Crippen LogP contribution in [0.2, 0.25) is 0 Å². The van der Waals surface area contributed by atoms with E-state index in [9.17, 15) is 4.79 Å². The summed E-state index contributed by atoms with van der Waals surface area (Å²) >= 11 is 0. The normalized spacial score (nSPS) is 11.5. The van der Waals surface area contributed by atoms with E-state index >= 15 is 0 Å². The maximum atomic E-state index is 12.2. The Labute approximate surface area is 157 Å². The minimum Gasteiger partial charge on any atom is -0.492 e. The highest BCUT2D eigenvalue weighted by Crippen LogP contribution is 2.41. The van der Waals surface area contributed by atoms with Gasteiger partial charge < -0.3 is 9.47 Å². The Morgan fingerprint density at radius 1 is 1.08 bits per heavy atom. The first-order valence-corrected chi connectivity index (χ1v) is 9.10. The molecule has 0 fully saturated rings. The number of carbonyl (C=O) groups excluding carboxylic acids is 1. The van der Waals surface area contributed by atoms with Crippen LogP contribution in [0.25, 0.3) is 11.1 Å².